The molecular weight excluding hydrogens is 324 g/mol. The van der Waals surface area contributed by atoms with E-state index in [2.05, 4.69) is 53.3 Å². The maximum atomic E-state index is 4.42. The molecule has 0 radical (unpaired) electrons. The van der Waals surface area contributed by atoms with Crippen molar-refractivity contribution >= 4 is 5.96 Å². The van der Waals surface area contributed by atoms with Gasteiger partial charge in [0, 0.05) is 50.5 Å². The van der Waals surface area contributed by atoms with Gasteiger partial charge in [0.05, 0.1) is 11.9 Å². The van der Waals surface area contributed by atoms with Crippen LogP contribution < -0.4 is 10.6 Å². The Kier molecular flexibility index (Phi) is 7.66. The zero-order valence-electron chi connectivity index (χ0n) is 16.6. The third-order valence-corrected chi connectivity index (χ3v) is 4.33. The molecule has 0 spiro atoms. The lowest BCUT2D eigenvalue weighted by Crippen LogP contribution is -2.45. The standard InChI is InChI=1S/C20H32N6/c1-16(2)25(17(3)4)12-11-22-20(21-5)23-13-18-14-24-26(15-18)19-9-7-6-8-10-19/h6-10,14-17H,11-13H2,1-5H3,(H2,21,22,23). The van der Waals surface area contributed by atoms with Gasteiger partial charge in [-0.05, 0) is 39.8 Å². The molecule has 0 fully saturated rings. The van der Waals surface area contributed by atoms with Crippen molar-refractivity contribution in [3.05, 3.63) is 48.3 Å². The first-order chi connectivity index (χ1) is 12.5. The fourth-order valence-electron chi connectivity index (χ4n) is 3.00. The number of hydrogen-bond acceptors (Lipinski definition) is 3. The molecule has 2 N–H and O–H groups in total. The summed E-state index contributed by atoms with van der Waals surface area (Å²) in [4.78, 5) is 6.77. The first-order valence-electron chi connectivity index (χ1n) is 9.30. The first kappa shape index (κ1) is 20.0. The zero-order chi connectivity index (χ0) is 18.9. The quantitative estimate of drug-likeness (QED) is 0.564. The smallest absolute Gasteiger partial charge is 0.191 e. The van der Waals surface area contributed by atoms with E-state index in [4.69, 9.17) is 0 Å². The Bertz CT molecular complexity index is 667. The third kappa shape index (κ3) is 5.88. The molecular formula is C20H32N6. The summed E-state index contributed by atoms with van der Waals surface area (Å²) in [6.45, 7) is 11.5. The number of nitrogens with zero attached hydrogens (tertiary/aromatic N) is 4. The number of aliphatic imine (C=N–C) groups is 1. The molecule has 0 aliphatic heterocycles. The van der Waals surface area contributed by atoms with Gasteiger partial charge in [-0.15, -0.1) is 0 Å². The monoisotopic (exact) mass is 356 g/mol. The third-order valence-electron chi connectivity index (χ3n) is 4.33. The highest BCUT2D eigenvalue weighted by molar-refractivity contribution is 5.79. The van der Waals surface area contributed by atoms with Gasteiger partial charge in [0.25, 0.3) is 0 Å². The highest BCUT2D eigenvalue weighted by Crippen LogP contribution is 2.07. The van der Waals surface area contributed by atoms with Crippen molar-refractivity contribution < 1.29 is 0 Å². The van der Waals surface area contributed by atoms with Gasteiger partial charge in [0.15, 0.2) is 5.96 Å². The number of aromatic nitrogens is 2. The minimum absolute atomic E-state index is 0.538. The van der Waals surface area contributed by atoms with Gasteiger partial charge in [0.1, 0.15) is 0 Å². The summed E-state index contributed by atoms with van der Waals surface area (Å²) in [6, 6.07) is 11.2. The fourth-order valence-corrected chi connectivity index (χ4v) is 3.00. The molecule has 0 aliphatic carbocycles. The van der Waals surface area contributed by atoms with Gasteiger partial charge < -0.3 is 10.6 Å². The molecule has 0 unspecified atom stereocenters. The summed E-state index contributed by atoms with van der Waals surface area (Å²) < 4.78 is 1.89. The maximum absolute atomic E-state index is 4.42. The molecule has 0 saturated heterocycles. The summed E-state index contributed by atoms with van der Waals surface area (Å²) in [5.41, 5.74) is 2.17. The summed E-state index contributed by atoms with van der Waals surface area (Å²) in [5.74, 6) is 0.810. The fraction of sp³-hybridized carbons (Fsp3) is 0.500. The second-order valence-corrected chi connectivity index (χ2v) is 6.91. The van der Waals surface area contributed by atoms with Crippen molar-refractivity contribution in [2.24, 2.45) is 4.99 Å². The van der Waals surface area contributed by atoms with E-state index < -0.39 is 0 Å². The molecule has 1 heterocycles. The summed E-state index contributed by atoms with van der Waals surface area (Å²) in [5, 5.41) is 11.2. The highest BCUT2D eigenvalue weighted by Gasteiger charge is 2.12. The van der Waals surface area contributed by atoms with Crippen LogP contribution in [-0.4, -0.2) is 52.9 Å². The van der Waals surface area contributed by atoms with Gasteiger partial charge in [-0.2, -0.15) is 5.10 Å². The molecule has 26 heavy (non-hydrogen) atoms. The molecule has 2 rings (SSSR count). The molecule has 142 valence electrons. The Balaban J connectivity index is 1.81. The lowest BCUT2D eigenvalue weighted by atomic mass is 10.2. The molecule has 0 aliphatic rings. The lowest BCUT2D eigenvalue weighted by molar-refractivity contribution is 0.178. The van der Waals surface area contributed by atoms with Crippen LogP contribution in [0.25, 0.3) is 5.69 Å². The highest BCUT2D eigenvalue weighted by atomic mass is 15.3. The number of benzene rings is 1. The van der Waals surface area contributed by atoms with Crippen LogP contribution in [0.3, 0.4) is 0 Å². The average molecular weight is 357 g/mol. The predicted octanol–water partition coefficient (Wildman–Crippen LogP) is 2.66. The van der Waals surface area contributed by atoms with Crippen molar-refractivity contribution in [2.45, 2.75) is 46.3 Å². The zero-order valence-corrected chi connectivity index (χ0v) is 16.6. The van der Waals surface area contributed by atoms with Crippen molar-refractivity contribution in [1.29, 1.82) is 0 Å². The normalized spacial score (nSPS) is 12.2. The van der Waals surface area contributed by atoms with E-state index in [1.165, 1.54) is 0 Å². The average Bonchev–Trinajstić information content (AvgIpc) is 3.10. The van der Waals surface area contributed by atoms with E-state index >= 15 is 0 Å². The summed E-state index contributed by atoms with van der Waals surface area (Å²) in [6.07, 6.45) is 3.92. The SMILES string of the molecule is CN=C(NCCN(C(C)C)C(C)C)NCc1cnn(-c2ccccc2)c1. The lowest BCUT2D eigenvalue weighted by Gasteiger charge is -2.30. The topological polar surface area (TPSA) is 57.5 Å². The van der Waals surface area contributed by atoms with Crippen LogP contribution in [0.5, 0.6) is 0 Å². The Morgan fingerprint density at radius 3 is 2.42 bits per heavy atom. The number of hydrogen-bond donors (Lipinski definition) is 2. The molecule has 2 aromatic rings. The van der Waals surface area contributed by atoms with Crippen LogP contribution in [-0.2, 0) is 6.54 Å². The second kappa shape index (κ2) is 9.97. The van der Waals surface area contributed by atoms with E-state index in [9.17, 15) is 0 Å². The van der Waals surface area contributed by atoms with Crippen LogP contribution in [0.15, 0.2) is 47.7 Å². The number of guanidine groups is 1. The Morgan fingerprint density at radius 1 is 1.12 bits per heavy atom. The van der Waals surface area contributed by atoms with E-state index in [0.29, 0.717) is 18.6 Å². The van der Waals surface area contributed by atoms with E-state index in [1.807, 2.05) is 47.4 Å². The Morgan fingerprint density at radius 2 is 1.81 bits per heavy atom. The van der Waals surface area contributed by atoms with Crippen molar-refractivity contribution in [3.63, 3.8) is 0 Å². The minimum atomic E-state index is 0.538. The minimum Gasteiger partial charge on any atom is -0.355 e. The van der Waals surface area contributed by atoms with Crippen molar-refractivity contribution in [3.8, 4) is 5.69 Å². The number of rotatable bonds is 8. The van der Waals surface area contributed by atoms with Gasteiger partial charge in [0.2, 0.25) is 0 Å². The van der Waals surface area contributed by atoms with Gasteiger partial charge in [-0.25, -0.2) is 4.68 Å². The molecule has 1 aromatic carbocycles. The van der Waals surface area contributed by atoms with Gasteiger partial charge in [-0.1, -0.05) is 18.2 Å². The number of nitrogens with one attached hydrogen (secondary N) is 2. The Hall–Kier alpha value is -2.34. The van der Waals surface area contributed by atoms with Crippen LogP contribution in [0.2, 0.25) is 0 Å². The maximum Gasteiger partial charge on any atom is 0.191 e. The Labute approximate surface area is 157 Å². The number of para-hydroxylation sites is 1. The van der Waals surface area contributed by atoms with Crippen molar-refractivity contribution in [1.82, 2.24) is 25.3 Å². The second-order valence-electron chi connectivity index (χ2n) is 6.91. The molecule has 0 bridgehead atoms. The van der Waals surface area contributed by atoms with Gasteiger partial charge in [-0.3, -0.25) is 9.89 Å². The summed E-state index contributed by atoms with van der Waals surface area (Å²) >= 11 is 0. The molecule has 0 saturated carbocycles. The largest absolute Gasteiger partial charge is 0.355 e. The van der Waals surface area contributed by atoms with Crippen LogP contribution >= 0.6 is 0 Å². The first-order valence-corrected chi connectivity index (χ1v) is 9.30. The van der Waals surface area contributed by atoms with Gasteiger partial charge >= 0.3 is 0 Å². The van der Waals surface area contributed by atoms with E-state index in [0.717, 1.165) is 30.3 Å². The van der Waals surface area contributed by atoms with Crippen molar-refractivity contribution in [2.75, 3.05) is 20.1 Å². The van der Waals surface area contributed by atoms with Crippen LogP contribution in [0.1, 0.15) is 33.3 Å². The predicted molar refractivity (Wildman–Crippen MR) is 109 cm³/mol. The molecule has 0 amide bonds. The van der Waals surface area contributed by atoms with Crippen LogP contribution in [0, 0.1) is 0 Å². The molecule has 0 atom stereocenters. The molecule has 6 heteroatoms. The van der Waals surface area contributed by atoms with E-state index in [1.54, 1.807) is 7.05 Å². The van der Waals surface area contributed by atoms with Crippen LogP contribution in [0.4, 0.5) is 0 Å². The van der Waals surface area contributed by atoms with E-state index in [-0.39, 0.29) is 0 Å². The molecule has 1 aromatic heterocycles. The molecule has 6 nitrogen and oxygen atoms in total. The summed E-state index contributed by atoms with van der Waals surface area (Å²) in [7, 11) is 1.80.